The molecule has 14 heavy (non-hydrogen) atoms. The molecule has 0 bridgehead atoms. The monoisotopic (exact) mass is 218 g/mol. The van der Waals surface area contributed by atoms with E-state index in [1.54, 1.807) is 0 Å². The first-order chi connectivity index (χ1) is 6.46. The number of hydrogen-bond acceptors (Lipinski definition) is 4. The molecule has 0 aromatic rings. The largest absolute Gasteiger partial charge is 0.291 e. The van der Waals surface area contributed by atoms with E-state index in [-0.39, 0.29) is 23.5 Å². The number of rotatable bonds is 3. The lowest BCUT2D eigenvalue weighted by molar-refractivity contribution is 0.214. The zero-order chi connectivity index (χ0) is 10.8. The third kappa shape index (κ3) is 2.78. The van der Waals surface area contributed by atoms with Gasteiger partial charge in [-0.05, 0) is 5.92 Å². The molecule has 0 saturated carbocycles. The summed E-state index contributed by atoms with van der Waals surface area (Å²) in [4.78, 5) is 12.6. The highest BCUT2D eigenvalue weighted by atomic mass is 32.2. The first kappa shape index (κ1) is 11.7. The van der Waals surface area contributed by atoms with Gasteiger partial charge in [0.25, 0.3) is 0 Å². The Balaban J connectivity index is 2.60. The highest BCUT2D eigenvalue weighted by molar-refractivity contribution is 7.91. The van der Waals surface area contributed by atoms with Crippen LogP contribution in [0.3, 0.4) is 0 Å². The van der Waals surface area contributed by atoms with Crippen molar-refractivity contribution in [3.8, 4) is 0 Å². The van der Waals surface area contributed by atoms with Gasteiger partial charge in [0.1, 0.15) is 0 Å². The molecule has 0 aliphatic carbocycles. The van der Waals surface area contributed by atoms with Crippen molar-refractivity contribution in [2.45, 2.75) is 19.9 Å². The summed E-state index contributed by atoms with van der Waals surface area (Å²) < 4.78 is 22.3. The van der Waals surface area contributed by atoms with Crippen LogP contribution in [0.1, 0.15) is 13.8 Å². The van der Waals surface area contributed by atoms with E-state index in [0.717, 1.165) is 0 Å². The molecule has 1 fully saturated rings. The van der Waals surface area contributed by atoms with Crippen molar-refractivity contribution in [1.82, 2.24) is 4.90 Å². The van der Waals surface area contributed by atoms with E-state index in [1.165, 1.54) is 0 Å². The summed E-state index contributed by atoms with van der Waals surface area (Å²) in [5, 5.41) is 0. The maximum Gasteiger partial charge on any atom is 0.217 e. The number of nitrogens with zero attached hydrogens (tertiary/aromatic N) is 1. The van der Waals surface area contributed by atoms with Gasteiger partial charge in [-0.2, -0.15) is 0 Å². The first-order valence-corrected chi connectivity index (χ1v) is 6.60. The average Bonchev–Trinajstić information content (AvgIpc) is 2.08. The Kier molecular flexibility index (Phi) is 3.66. The van der Waals surface area contributed by atoms with Crippen molar-refractivity contribution in [3.05, 3.63) is 0 Å². The molecule has 1 radical (unpaired) electrons. The minimum atomic E-state index is -2.85. The first-order valence-electron chi connectivity index (χ1n) is 4.78. The van der Waals surface area contributed by atoms with Crippen LogP contribution in [-0.4, -0.2) is 50.2 Å². The molecule has 81 valence electrons. The molecule has 1 heterocycles. The van der Waals surface area contributed by atoms with Crippen LogP contribution in [0.5, 0.6) is 0 Å². The van der Waals surface area contributed by atoms with Crippen molar-refractivity contribution in [2.75, 3.05) is 24.6 Å². The standard InChI is InChI=1S/C9H16NO3S/c1-8(2)9(7-11)10-3-5-14(12,13)6-4-10/h8-9H,3-6H2,1-2H3. The van der Waals surface area contributed by atoms with Gasteiger partial charge in [0, 0.05) is 13.1 Å². The lowest BCUT2D eigenvalue weighted by Gasteiger charge is -2.32. The zero-order valence-electron chi connectivity index (χ0n) is 8.56. The topological polar surface area (TPSA) is 54.5 Å². The molecule has 0 N–H and O–H groups in total. The third-order valence-electron chi connectivity index (χ3n) is 2.52. The van der Waals surface area contributed by atoms with E-state index in [4.69, 9.17) is 0 Å². The van der Waals surface area contributed by atoms with Crippen LogP contribution in [0.2, 0.25) is 0 Å². The van der Waals surface area contributed by atoms with E-state index in [0.29, 0.717) is 13.1 Å². The van der Waals surface area contributed by atoms with Gasteiger partial charge in [0.2, 0.25) is 6.29 Å². The van der Waals surface area contributed by atoms with Gasteiger partial charge in [0.15, 0.2) is 9.84 Å². The maximum absolute atomic E-state index is 11.2. The molecule has 0 aromatic heterocycles. The van der Waals surface area contributed by atoms with Gasteiger partial charge < -0.3 is 0 Å². The molecule has 1 aliphatic rings. The second kappa shape index (κ2) is 4.40. The van der Waals surface area contributed by atoms with E-state index >= 15 is 0 Å². The lowest BCUT2D eigenvalue weighted by Crippen LogP contribution is -2.48. The summed E-state index contributed by atoms with van der Waals surface area (Å²) in [7, 11) is -2.85. The quantitative estimate of drug-likeness (QED) is 0.661. The van der Waals surface area contributed by atoms with Gasteiger partial charge >= 0.3 is 0 Å². The molecule has 1 atom stereocenters. The Morgan fingerprint density at radius 1 is 1.21 bits per heavy atom. The second-order valence-electron chi connectivity index (χ2n) is 3.99. The van der Waals surface area contributed by atoms with Gasteiger partial charge in [-0.25, -0.2) is 8.42 Å². The fourth-order valence-electron chi connectivity index (χ4n) is 1.64. The molecular weight excluding hydrogens is 202 g/mol. The third-order valence-corrected chi connectivity index (χ3v) is 4.13. The molecule has 1 aliphatic heterocycles. The summed E-state index contributed by atoms with van der Waals surface area (Å²) in [5.74, 6) is 0.517. The fraction of sp³-hybridized carbons (Fsp3) is 0.889. The Bertz CT molecular complexity index is 283. The van der Waals surface area contributed by atoms with E-state index in [1.807, 2.05) is 25.0 Å². The predicted molar refractivity (Wildman–Crippen MR) is 54.5 cm³/mol. The number of hydrogen-bond donors (Lipinski definition) is 0. The molecular formula is C9H16NO3S. The van der Waals surface area contributed by atoms with Crippen LogP contribution in [0.15, 0.2) is 0 Å². The normalized spacial score (nSPS) is 24.8. The molecule has 5 heteroatoms. The molecule has 1 rings (SSSR count). The highest BCUT2D eigenvalue weighted by Gasteiger charge is 2.28. The van der Waals surface area contributed by atoms with E-state index < -0.39 is 9.84 Å². The van der Waals surface area contributed by atoms with Crippen molar-refractivity contribution in [3.63, 3.8) is 0 Å². The van der Waals surface area contributed by atoms with Crippen molar-refractivity contribution in [1.29, 1.82) is 0 Å². The molecule has 0 aromatic carbocycles. The van der Waals surface area contributed by atoms with Crippen LogP contribution in [0.25, 0.3) is 0 Å². The predicted octanol–water partition coefficient (Wildman–Crippen LogP) is -0.149. The van der Waals surface area contributed by atoms with E-state index in [2.05, 4.69) is 0 Å². The summed E-state index contributed by atoms with van der Waals surface area (Å²) in [6.07, 6.45) is 1.98. The van der Waals surface area contributed by atoms with Crippen molar-refractivity contribution < 1.29 is 13.2 Å². The smallest absolute Gasteiger partial charge is 0.217 e. The summed E-state index contributed by atoms with van der Waals surface area (Å²) in [5.41, 5.74) is 0. The van der Waals surface area contributed by atoms with Gasteiger partial charge in [0.05, 0.1) is 17.5 Å². The Morgan fingerprint density at radius 3 is 2.07 bits per heavy atom. The average molecular weight is 218 g/mol. The second-order valence-corrected chi connectivity index (χ2v) is 6.30. The Labute approximate surface area is 85.2 Å². The van der Waals surface area contributed by atoms with Crippen LogP contribution < -0.4 is 0 Å². The maximum atomic E-state index is 11.2. The lowest BCUT2D eigenvalue weighted by atomic mass is 10.0. The minimum absolute atomic E-state index is 0.165. The molecule has 1 unspecified atom stereocenters. The van der Waals surface area contributed by atoms with Crippen molar-refractivity contribution >= 4 is 16.1 Å². The van der Waals surface area contributed by atoms with Crippen LogP contribution in [0.4, 0.5) is 0 Å². The van der Waals surface area contributed by atoms with Gasteiger partial charge in [-0.1, -0.05) is 13.8 Å². The van der Waals surface area contributed by atoms with Crippen LogP contribution in [-0.2, 0) is 14.6 Å². The minimum Gasteiger partial charge on any atom is -0.291 e. The Morgan fingerprint density at radius 2 is 1.71 bits per heavy atom. The van der Waals surface area contributed by atoms with Crippen LogP contribution >= 0.6 is 0 Å². The highest BCUT2D eigenvalue weighted by Crippen LogP contribution is 2.12. The van der Waals surface area contributed by atoms with Gasteiger partial charge in [-0.3, -0.25) is 9.69 Å². The summed E-state index contributed by atoms with van der Waals surface area (Å²) in [6, 6.07) is -0.259. The number of carbonyl (C=O) groups excluding carboxylic acids is 1. The molecule has 1 saturated heterocycles. The number of sulfone groups is 1. The van der Waals surface area contributed by atoms with Gasteiger partial charge in [-0.15, -0.1) is 0 Å². The molecule has 4 nitrogen and oxygen atoms in total. The fourth-order valence-corrected chi connectivity index (χ4v) is 2.87. The van der Waals surface area contributed by atoms with Crippen LogP contribution in [0, 0.1) is 5.92 Å². The Hall–Kier alpha value is -0.420. The summed E-state index contributed by atoms with van der Waals surface area (Å²) in [6.45, 7) is 4.80. The van der Waals surface area contributed by atoms with E-state index in [9.17, 15) is 13.2 Å². The summed E-state index contributed by atoms with van der Waals surface area (Å²) >= 11 is 0. The SMILES string of the molecule is CC(C)C([C]=O)N1CCS(=O)(=O)CC1. The zero-order valence-corrected chi connectivity index (χ0v) is 9.38. The van der Waals surface area contributed by atoms with Crippen molar-refractivity contribution in [2.24, 2.45) is 5.92 Å². The molecule has 0 spiro atoms. The molecule has 0 amide bonds.